The topological polar surface area (TPSA) is 112 Å². The summed E-state index contributed by atoms with van der Waals surface area (Å²) in [6, 6.07) is 10.9. The highest BCUT2D eigenvalue weighted by Gasteiger charge is 2.38. The Morgan fingerprint density at radius 3 is 2.13 bits per heavy atom. The van der Waals surface area contributed by atoms with E-state index in [1.807, 2.05) is 25.0 Å². The SMILES string of the molecule is COc1cc2c(cc1OC(C)(C)CC(C)(C)N1CCN(C(=O)c3ccc(Oc4cc(OC)c(OC)c(OC)c4)c(F)c3)CC1)N=CC1CCCN1C2=O. The van der Waals surface area contributed by atoms with Gasteiger partial charge in [0.15, 0.2) is 34.6 Å². The summed E-state index contributed by atoms with van der Waals surface area (Å²) >= 11 is 0. The van der Waals surface area contributed by atoms with Gasteiger partial charge in [-0.3, -0.25) is 19.5 Å². The van der Waals surface area contributed by atoms with Crippen LogP contribution in [0.15, 0.2) is 47.5 Å². The van der Waals surface area contributed by atoms with Gasteiger partial charge < -0.3 is 38.2 Å². The Hall–Kier alpha value is -5.04. The van der Waals surface area contributed by atoms with Crippen LogP contribution >= 0.6 is 0 Å². The number of carbonyl (C=O) groups excluding carboxylic acids is 2. The molecule has 53 heavy (non-hydrogen) atoms. The molecule has 3 aliphatic rings. The number of carbonyl (C=O) groups is 2. The van der Waals surface area contributed by atoms with Crippen molar-refractivity contribution in [3.8, 4) is 40.2 Å². The van der Waals surface area contributed by atoms with Crippen LogP contribution in [0, 0.1) is 5.82 Å². The Morgan fingerprint density at radius 1 is 0.830 bits per heavy atom. The number of nitrogens with zero attached hydrogens (tertiary/aromatic N) is 4. The van der Waals surface area contributed by atoms with E-state index < -0.39 is 11.4 Å². The number of halogens is 1. The molecule has 0 spiro atoms. The van der Waals surface area contributed by atoms with Crippen LogP contribution < -0.4 is 28.4 Å². The molecule has 13 heteroatoms. The molecule has 1 atom stereocenters. The Morgan fingerprint density at radius 2 is 1.51 bits per heavy atom. The van der Waals surface area contributed by atoms with Gasteiger partial charge in [-0.1, -0.05) is 0 Å². The minimum Gasteiger partial charge on any atom is -0.493 e. The Bertz CT molecular complexity index is 1860. The molecule has 0 saturated carbocycles. The number of methoxy groups -OCH3 is 4. The first-order valence-electron chi connectivity index (χ1n) is 17.9. The molecule has 6 rings (SSSR count). The number of ether oxygens (including phenoxy) is 6. The van der Waals surface area contributed by atoms with Crippen LogP contribution in [-0.4, -0.2) is 111 Å². The Balaban J connectivity index is 1.08. The standard InChI is InChI=1S/C40H49FN4O8/c1-39(2,24-40(3,4)53-33-22-30-28(21-32(33)48-5)38(47)45-13-9-10-26(45)23-42-30)44-16-14-43(15-17-44)37(46)25-11-12-31(29(41)18-25)52-27-19-34(49-6)36(51-8)35(20-27)50-7/h11-12,18-23,26H,9-10,13-17,24H2,1-8H3. The summed E-state index contributed by atoms with van der Waals surface area (Å²) in [7, 11) is 6.03. The number of piperazine rings is 1. The number of hydrogen-bond donors (Lipinski definition) is 0. The van der Waals surface area contributed by atoms with E-state index in [0.717, 1.165) is 19.4 Å². The zero-order valence-electron chi connectivity index (χ0n) is 31.8. The van der Waals surface area contributed by atoms with Gasteiger partial charge in [-0.15, -0.1) is 0 Å². The molecular weight excluding hydrogens is 683 g/mol. The van der Waals surface area contributed by atoms with Crippen LogP contribution in [0.3, 0.4) is 0 Å². The van der Waals surface area contributed by atoms with Crippen LogP contribution in [-0.2, 0) is 0 Å². The van der Waals surface area contributed by atoms with Gasteiger partial charge in [-0.05, 0) is 64.8 Å². The highest BCUT2D eigenvalue weighted by Crippen LogP contribution is 2.43. The first-order valence-corrected chi connectivity index (χ1v) is 17.9. The summed E-state index contributed by atoms with van der Waals surface area (Å²) in [5.74, 6) is 1.43. The van der Waals surface area contributed by atoms with E-state index in [1.54, 1.807) is 42.3 Å². The van der Waals surface area contributed by atoms with Gasteiger partial charge in [0.25, 0.3) is 11.8 Å². The van der Waals surface area contributed by atoms with Crippen LogP contribution in [0.5, 0.6) is 40.2 Å². The molecule has 2 fully saturated rings. The predicted octanol–water partition coefficient (Wildman–Crippen LogP) is 6.76. The minimum absolute atomic E-state index is 0.0151. The van der Waals surface area contributed by atoms with E-state index in [1.165, 1.54) is 33.5 Å². The van der Waals surface area contributed by atoms with Crippen LogP contribution in [0.4, 0.5) is 10.1 Å². The highest BCUT2D eigenvalue weighted by atomic mass is 19.1. The predicted molar refractivity (Wildman–Crippen MR) is 199 cm³/mol. The summed E-state index contributed by atoms with van der Waals surface area (Å²) in [5.41, 5.74) is 0.414. The van der Waals surface area contributed by atoms with Crippen molar-refractivity contribution in [1.82, 2.24) is 14.7 Å². The summed E-state index contributed by atoms with van der Waals surface area (Å²) in [6.07, 6.45) is 4.40. The van der Waals surface area contributed by atoms with E-state index in [2.05, 4.69) is 23.7 Å². The molecule has 0 aromatic heterocycles. The van der Waals surface area contributed by atoms with Crippen molar-refractivity contribution >= 4 is 23.7 Å². The summed E-state index contributed by atoms with van der Waals surface area (Å²) < 4.78 is 49.5. The molecule has 2 saturated heterocycles. The maximum Gasteiger partial charge on any atom is 0.256 e. The third kappa shape index (κ3) is 7.85. The highest BCUT2D eigenvalue weighted by molar-refractivity contribution is 6.03. The maximum absolute atomic E-state index is 15.3. The number of benzene rings is 3. The molecule has 3 heterocycles. The van der Waals surface area contributed by atoms with E-state index >= 15 is 4.39 Å². The zero-order valence-corrected chi connectivity index (χ0v) is 31.8. The van der Waals surface area contributed by atoms with Gasteiger partial charge in [0, 0.05) is 74.7 Å². The number of amides is 2. The van der Waals surface area contributed by atoms with E-state index in [4.69, 9.17) is 28.4 Å². The monoisotopic (exact) mass is 732 g/mol. The molecule has 2 amide bonds. The molecule has 3 aliphatic heterocycles. The first kappa shape index (κ1) is 37.7. The molecule has 12 nitrogen and oxygen atoms in total. The van der Waals surface area contributed by atoms with Crippen molar-refractivity contribution in [1.29, 1.82) is 0 Å². The molecule has 0 bridgehead atoms. The number of hydrogen-bond acceptors (Lipinski definition) is 10. The lowest BCUT2D eigenvalue weighted by Crippen LogP contribution is -2.57. The molecule has 0 N–H and O–H groups in total. The second-order valence-corrected chi connectivity index (χ2v) is 14.7. The normalized spacial score (nSPS) is 17.5. The maximum atomic E-state index is 15.3. The van der Waals surface area contributed by atoms with E-state index in [0.29, 0.717) is 72.6 Å². The Labute approximate surface area is 310 Å². The fraction of sp³-hybridized carbons (Fsp3) is 0.475. The van der Waals surface area contributed by atoms with Crippen molar-refractivity contribution in [2.45, 2.75) is 64.1 Å². The van der Waals surface area contributed by atoms with Crippen LogP contribution in [0.2, 0.25) is 0 Å². The molecular formula is C40H49FN4O8. The fourth-order valence-electron chi connectivity index (χ4n) is 7.73. The van der Waals surface area contributed by atoms with Gasteiger partial charge in [0.05, 0.1) is 45.7 Å². The molecule has 3 aromatic carbocycles. The van der Waals surface area contributed by atoms with Crippen molar-refractivity contribution < 1.29 is 42.4 Å². The largest absolute Gasteiger partial charge is 0.493 e. The lowest BCUT2D eigenvalue weighted by Gasteiger charge is -2.47. The van der Waals surface area contributed by atoms with Gasteiger partial charge in [-0.2, -0.15) is 0 Å². The molecule has 1 unspecified atom stereocenters. The molecule has 3 aromatic rings. The third-order valence-electron chi connectivity index (χ3n) is 10.2. The lowest BCUT2D eigenvalue weighted by atomic mass is 9.87. The quantitative estimate of drug-likeness (QED) is 0.200. The number of rotatable bonds is 12. The first-order chi connectivity index (χ1) is 25.3. The summed E-state index contributed by atoms with van der Waals surface area (Å²) in [4.78, 5) is 37.5. The smallest absolute Gasteiger partial charge is 0.256 e. The van der Waals surface area contributed by atoms with Crippen LogP contribution in [0.25, 0.3) is 0 Å². The van der Waals surface area contributed by atoms with Crippen molar-refractivity contribution in [2.24, 2.45) is 4.99 Å². The summed E-state index contributed by atoms with van der Waals surface area (Å²) in [5, 5.41) is 0. The van der Waals surface area contributed by atoms with Gasteiger partial charge in [-0.25, -0.2) is 4.39 Å². The average Bonchev–Trinajstić information content (AvgIpc) is 3.57. The van der Waals surface area contributed by atoms with Crippen molar-refractivity contribution in [2.75, 3.05) is 61.2 Å². The van der Waals surface area contributed by atoms with Crippen molar-refractivity contribution in [3.05, 3.63) is 59.4 Å². The van der Waals surface area contributed by atoms with Gasteiger partial charge in [0.2, 0.25) is 5.75 Å². The van der Waals surface area contributed by atoms with Crippen molar-refractivity contribution in [3.63, 3.8) is 0 Å². The molecule has 0 radical (unpaired) electrons. The molecule has 0 aliphatic carbocycles. The average molecular weight is 733 g/mol. The second-order valence-electron chi connectivity index (χ2n) is 14.7. The third-order valence-corrected chi connectivity index (χ3v) is 10.2. The molecule has 284 valence electrons. The second kappa shape index (κ2) is 15.1. The minimum atomic E-state index is -0.670. The number of aliphatic imine (C=N–C) groups is 1. The van der Waals surface area contributed by atoms with Gasteiger partial charge in [0.1, 0.15) is 11.4 Å². The van der Waals surface area contributed by atoms with E-state index in [9.17, 15) is 9.59 Å². The fourth-order valence-corrected chi connectivity index (χ4v) is 7.73. The zero-order chi connectivity index (χ0) is 38.1. The number of fused-ring (bicyclic) bond motifs is 2. The van der Waals surface area contributed by atoms with Gasteiger partial charge >= 0.3 is 0 Å². The lowest BCUT2D eigenvalue weighted by molar-refractivity contribution is -0.00472. The van der Waals surface area contributed by atoms with Crippen LogP contribution in [0.1, 0.15) is 67.7 Å². The van der Waals surface area contributed by atoms with E-state index in [-0.39, 0.29) is 40.5 Å². The Kier molecular flexibility index (Phi) is 10.8. The summed E-state index contributed by atoms with van der Waals surface area (Å²) in [6.45, 7) is 11.4.